The Bertz CT molecular complexity index is 776. The van der Waals surface area contributed by atoms with Crippen molar-refractivity contribution < 1.29 is 9.53 Å². The zero-order valence-electron chi connectivity index (χ0n) is 14.9. The molecule has 3 rings (SSSR count). The Morgan fingerprint density at radius 1 is 1.22 bits per heavy atom. The average molecular weight is 388 g/mol. The summed E-state index contributed by atoms with van der Waals surface area (Å²) in [7, 11) is 0. The molecule has 0 spiro atoms. The number of nitrogens with zero attached hydrogens (tertiary/aromatic N) is 3. The van der Waals surface area contributed by atoms with Gasteiger partial charge in [0.1, 0.15) is 0 Å². The van der Waals surface area contributed by atoms with Crippen LogP contribution in [0.1, 0.15) is 5.56 Å². The summed E-state index contributed by atoms with van der Waals surface area (Å²) in [5.74, 6) is 0.532. The van der Waals surface area contributed by atoms with Crippen LogP contribution >= 0.6 is 11.6 Å². The lowest BCUT2D eigenvalue weighted by molar-refractivity contribution is -0.116. The summed E-state index contributed by atoms with van der Waals surface area (Å²) < 4.78 is 5.36. The number of ether oxygens (including phenoxy) is 1. The van der Waals surface area contributed by atoms with E-state index in [0.29, 0.717) is 23.9 Å². The van der Waals surface area contributed by atoms with Gasteiger partial charge in [0.25, 0.3) is 0 Å². The smallest absolute Gasteiger partial charge is 0.244 e. The summed E-state index contributed by atoms with van der Waals surface area (Å²) >= 11 is 5.84. The second-order valence-corrected chi connectivity index (χ2v) is 6.44. The number of carbonyl (C=O) groups is 1. The summed E-state index contributed by atoms with van der Waals surface area (Å²) in [4.78, 5) is 14.1. The Morgan fingerprint density at radius 3 is 2.78 bits per heavy atom. The Hall–Kier alpha value is -2.64. The highest BCUT2D eigenvalue weighted by atomic mass is 35.5. The SMILES string of the molecule is O=C(/C=C/c1ccc(Cl)cc1)NCCNc1cc(N2CCOCC2)cnn1. The number of carbonyl (C=O) groups excluding carboxylic acids is 1. The van der Waals surface area contributed by atoms with Crippen molar-refractivity contribution in [1.82, 2.24) is 15.5 Å². The molecular weight excluding hydrogens is 366 g/mol. The summed E-state index contributed by atoms with van der Waals surface area (Å²) in [6.45, 7) is 4.18. The summed E-state index contributed by atoms with van der Waals surface area (Å²) in [6.07, 6.45) is 5.00. The minimum Gasteiger partial charge on any atom is -0.378 e. The van der Waals surface area contributed by atoms with Crippen LogP contribution in [-0.4, -0.2) is 55.5 Å². The maximum Gasteiger partial charge on any atom is 0.244 e. The van der Waals surface area contributed by atoms with E-state index in [1.54, 1.807) is 24.4 Å². The van der Waals surface area contributed by atoms with Crippen LogP contribution < -0.4 is 15.5 Å². The van der Waals surface area contributed by atoms with Crippen LogP contribution in [0.15, 0.2) is 42.6 Å². The minimum absolute atomic E-state index is 0.153. The van der Waals surface area contributed by atoms with E-state index in [9.17, 15) is 4.79 Å². The van der Waals surface area contributed by atoms with Gasteiger partial charge in [-0.2, -0.15) is 5.10 Å². The third kappa shape index (κ3) is 6.23. The van der Waals surface area contributed by atoms with Crippen LogP contribution in [0.3, 0.4) is 0 Å². The molecule has 0 bridgehead atoms. The van der Waals surface area contributed by atoms with Crippen LogP contribution in [0, 0.1) is 0 Å². The van der Waals surface area contributed by atoms with Crippen molar-refractivity contribution in [3.05, 3.63) is 53.2 Å². The second-order valence-electron chi connectivity index (χ2n) is 6.00. The number of hydrogen-bond acceptors (Lipinski definition) is 6. The molecule has 0 aliphatic carbocycles. The molecule has 0 unspecified atom stereocenters. The Kier molecular flexibility index (Phi) is 7.01. The molecule has 1 fully saturated rings. The van der Waals surface area contributed by atoms with Crippen molar-refractivity contribution in [1.29, 1.82) is 0 Å². The van der Waals surface area contributed by atoms with Crippen molar-refractivity contribution >= 4 is 35.1 Å². The van der Waals surface area contributed by atoms with E-state index in [0.717, 1.165) is 37.6 Å². The molecule has 2 aromatic rings. The van der Waals surface area contributed by atoms with Gasteiger partial charge in [0.05, 0.1) is 25.1 Å². The van der Waals surface area contributed by atoms with Gasteiger partial charge in [0.2, 0.25) is 5.91 Å². The molecule has 1 saturated heterocycles. The van der Waals surface area contributed by atoms with Crippen molar-refractivity contribution in [2.45, 2.75) is 0 Å². The van der Waals surface area contributed by atoms with Gasteiger partial charge in [-0.3, -0.25) is 4.79 Å². The average Bonchev–Trinajstić information content (AvgIpc) is 2.72. The van der Waals surface area contributed by atoms with Crippen molar-refractivity contribution in [2.75, 3.05) is 49.6 Å². The van der Waals surface area contributed by atoms with Gasteiger partial charge in [-0.25, -0.2) is 0 Å². The third-order valence-corrected chi connectivity index (χ3v) is 4.30. The van der Waals surface area contributed by atoms with Gasteiger partial charge in [-0.1, -0.05) is 23.7 Å². The lowest BCUT2D eigenvalue weighted by Gasteiger charge is -2.28. The topological polar surface area (TPSA) is 79.4 Å². The van der Waals surface area contributed by atoms with Gasteiger partial charge >= 0.3 is 0 Å². The lowest BCUT2D eigenvalue weighted by Crippen LogP contribution is -2.36. The van der Waals surface area contributed by atoms with Crippen LogP contribution in [-0.2, 0) is 9.53 Å². The number of anilines is 2. The van der Waals surface area contributed by atoms with Gasteiger partial charge in [0.15, 0.2) is 5.82 Å². The summed E-state index contributed by atoms with van der Waals surface area (Å²) in [6, 6.07) is 9.24. The largest absolute Gasteiger partial charge is 0.378 e. The third-order valence-electron chi connectivity index (χ3n) is 4.04. The molecule has 0 saturated carbocycles. The molecule has 2 N–H and O–H groups in total. The van der Waals surface area contributed by atoms with E-state index in [1.807, 2.05) is 18.2 Å². The van der Waals surface area contributed by atoms with Crippen LogP contribution in [0.2, 0.25) is 5.02 Å². The monoisotopic (exact) mass is 387 g/mol. The normalized spacial score (nSPS) is 14.3. The number of hydrogen-bond donors (Lipinski definition) is 2. The number of benzene rings is 1. The molecule has 1 aliphatic heterocycles. The van der Waals surface area contributed by atoms with E-state index < -0.39 is 0 Å². The predicted octanol–water partition coefficient (Wildman–Crippen LogP) is 2.21. The van der Waals surface area contributed by atoms with E-state index in [4.69, 9.17) is 16.3 Å². The molecule has 27 heavy (non-hydrogen) atoms. The number of halogens is 1. The summed E-state index contributed by atoms with van der Waals surface area (Å²) in [5, 5.41) is 14.8. The van der Waals surface area contributed by atoms with Crippen LogP contribution in [0.25, 0.3) is 6.08 Å². The van der Waals surface area contributed by atoms with Crippen LogP contribution in [0.5, 0.6) is 0 Å². The van der Waals surface area contributed by atoms with E-state index in [2.05, 4.69) is 25.7 Å². The molecule has 0 radical (unpaired) electrons. The fraction of sp³-hybridized carbons (Fsp3) is 0.316. The first-order valence-corrected chi connectivity index (χ1v) is 9.19. The molecule has 1 aliphatic rings. The standard InChI is InChI=1S/C19H22ClN5O2/c20-16-4-1-15(2-5-16)3-6-19(26)22-8-7-21-18-13-17(14-23-24-18)25-9-11-27-12-10-25/h1-6,13-14H,7-12H2,(H,21,24)(H,22,26)/b6-3+. The fourth-order valence-electron chi connectivity index (χ4n) is 2.62. The van der Waals surface area contributed by atoms with Gasteiger partial charge in [-0.15, -0.1) is 5.10 Å². The molecule has 0 atom stereocenters. The highest BCUT2D eigenvalue weighted by molar-refractivity contribution is 6.30. The summed E-state index contributed by atoms with van der Waals surface area (Å²) in [5.41, 5.74) is 1.94. The highest BCUT2D eigenvalue weighted by Crippen LogP contribution is 2.16. The maximum absolute atomic E-state index is 11.9. The molecule has 8 heteroatoms. The van der Waals surface area contributed by atoms with Gasteiger partial charge in [-0.05, 0) is 23.8 Å². The number of rotatable bonds is 7. The Balaban J connectivity index is 1.40. The molecular formula is C19H22ClN5O2. The molecule has 1 aromatic carbocycles. The van der Waals surface area contributed by atoms with Crippen molar-refractivity contribution in [3.63, 3.8) is 0 Å². The molecule has 1 aromatic heterocycles. The number of aromatic nitrogens is 2. The molecule has 2 heterocycles. The first kappa shape index (κ1) is 19.1. The lowest BCUT2D eigenvalue weighted by atomic mass is 10.2. The maximum atomic E-state index is 11.9. The van der Waals surface area contributed by atoms with Crippen molar-refractivity contribution in [2.24, 2.45) is 0 Å². The van der Waals surface area contributed by atoms with Crippen LogP contribution in [0.4, 0.5) is 11.5 Å². The number of morpholine rings is 1. The van der Waals surface area contributed by atoms with Gasteiger partial charge in [0, 0.05) is 43.3 Å². The number of nitrogens with one attached hydrogen (secondary N) is 2. The predicted molar refractivity (Wildman–Crippen MR) is 107 cm³/mol. The Morgan fingerprint density at radius 2 is 2.00 bits per heavy atom. The quantitative estimate of drug-likeness (QED) is 0.560. The first-order chi connectivity index (χ1) is 13.2. The molecule has 1 amide bonds. The van der Waals surface area contributed by atoms with Crippen molar-refractivity contribution in [3.8, 4) is 0 Å². The zero-order chi connectivity index (χ0) is 18.9. The Labute approximate surface area is 163 Å². The zero-order valence-corrected chi connectivity index (χ0v) is 15.7. The van der Waals surface area contributed by atoms with Gasteiger partial charge < -0.3 is 20.3 Å². The first-order valence-electron chi connectivity index (χ1n) is 8.81. The van der Waals surface area contributed by atoms with E-state index in [-0.39, 0.29) is 5.91 Å². The minimum atomic E-state index is -0.153. The second kappa shape index (κ2) is 9.89. The number of amides is 1. The fourth-order valence-corrected chi connectivity index (χ4v) is 2.74. The highest BCUT2D eigenvalue weighted by Gasteiger charge is 2.12. The molecule has 7 nitrogen and oxygen atoms in total. The molecule has 142 valence electrons. The van der Waals surface area contributed by atoms with E-state index >= 15 is 0 Å². The van der Waals surface area contributed by atoms with E-state index in [1.165, 1.54) is 6.08 Å².